The Bertz CT molecular complexity index is 677. The highest BCUT2D eigenvalue weighted by atomic mass is 31.2. The maximum atomic E-state index is 12.7. The van der Waals surface area contributed by atoms with Crippen LogP contribution in [0.3, 0.4) is 0 Å². The highest BCUT2D eigenvalue weighted by Crippen LogP contribution is 2.55. The fourth-order valence-corrected chi connectivity index (χ4v) is 4.87. The number of cyclic esters (lactones) is 1. The lowest BCUT2D eigenvalue weighted by atomic mass is 9.71. The summed E-state index contributed by atoms with van der Waals surface area (Å²) in [4.78, 5) is 24.4. The largest absolute Gasteiger partial charge is 0.501 e. The Balaban J connectivity index is 2.31. The first-order valence-electron chi connectivity index (χ1n) is 8.31. The molecule has 3 atom stereocenters. The van der Waals surface area contributed by atoms with Crippen molar-refractivity contribution in [3.63, 3.8) is 0 Å². The van der Waals surface area contributed by atoms with Crippen LogP contribution >= 0.6 is 8.38 Å². The van der Waals surface area contributed by atoms with Crippen LogP contribution in [0.1, 0.15) is 33.6 Å². The van der Waals surface area contributed by atoms with E-state index < -0.39 is 32.3 Å². The molecule has 2 rings (SSSR count). The van der Waals surface area contributed by atoms with Crippen molar-refractivity contribution in [1.82, 2.24) is 0 Å². The lowest BCUT2D eigenvalue weighted by Crippen LogP contribution is -2.37. The van der Waals surface area contributed by atoms with E-state index in [0.29, 0.717) is 12.0 Å². The minimum absolute atomic E-state index is 0.111. The molecule has 8 heteroatoms. The van der Waals surface area contributed by atoms with Crippen LogP contribution in [0.2, 0.25) is 0 Å². The van der Waals surface area contributed by atoms with Gasteiger partial charge < -0.3 is 24.0 Å². The van der Waals surface area contributed by atoms with Gasteiger partial charge in [-0.25, -0.2) is 4.79 Å². The molecule has 0 bridgehead atoms. The zero-order valence-electron chi connectivity index (χ0n) is 15.4. The first-order valence-corrected chi connectivity index (χ1v) is 9.49. The van der Waals surface area contributed by atoms with Gasteiger partial charge in [0.05, 0.1) is 5.31 Å². The van der Waals surface area contributed by atoms with Crippen LogP contribution in [-0.2, 0) is 23.4 Å². The second-order valence-electron chi connectivity index (χ2n) is 6.87. The third-order valence-corrected chi connectivity index (χ3v) is 6.33. The minimum Gasteiger partial charge on any atom is -0.501 e. The molecular formula is C18H25O7P. The van der Waals surface area contributed by atoms with E-state index in [1.807, 2.05) is 13.8 Å². The smallest absolute Gasteiger partial charge is 0.374 e. The van der Waals surface area contributed by atoms with Crippen LogP contribution < -0.4 is 0 Å². The summed E-state index contributed by atoms with van der Waals surface area (Å²) in [7, 11) is -0.525. The Labute approximate surface area is 154 Å². The average molecular weight is 384 g/mol. The number of rotatable bonds is 7. The Hall–Kier alpha value is -1.53. The number of esters is 1. The second-order valence-corrected chi connectivity index (χ2v) is 8.44. The number of Topliss-reactive ketones (excluding diaryl/α,β-unsaturated/α-hetero) is 1. The number of aliphatic hydroxyl groups is 2. The molecule has 1 aliphatic heterocycles. The van der Waals surface area contributed by atoms with Crippen molar-refractivity contribution < 1.29 is 33.6 Å². The van der Waals surface area contributed by atoms with E-state index in [1.165, 1.54) is 7.11 Å². The van der Waals surface area contributed by atoms with Gasteiger partial charge >= 0.3 is 5.97 Å². The highest BCUT2D eigenvalue weighted by molar-refractivity contribution is 7.52. The first kappa shape index (κ1) is 20.8. The van der Waals surface area contributed by atoms with Gasteiger partial charge in [-0.15, -0.1) is 0 Å². The zero-order valence-corrected chi connectivity index (χ0v) is 16.3. The molecular weight excluding hydrogens is 359 g/mol. The fourth-order valence-electron chi connectivity index (χ4n) is 3.39. The van der Waals surface area contributed by atoms with E-state index in [9.17, 15) is 14.7 Å². The lowest BCUT2D eigenvalue weighted by Gasteiger charge is -2.37. The van der Waals surface area contributed by atoms with E-state index in [-0.39, 0.29) is 29.5 Å². The van der Waals surface area contributed by atoms with Gasteiger partial charge in [-0.05, 0) is 29.9 Å². The Morgan fingerprint density at radius 2 is 2.08 bits per heavy atom. The molecule has 0 aromatic heterocycles. The van der Waals surface area contributed by atoms with Crippen molar-refractivity contribution in [2.75, 3.05) is 13.7 Å². The van der Waals surface area contributed by atoms with Crippen LogP contribution in [0, 0.1) is 5.41 Å². The summed E-state index contributed by atoms with van der Waals surface area (Å²) in [6.45, 7) is 9.29. The van der Waals surface area contributed by atoms with Gasteiger partial charge in [-0.3, -0.25) is 4.79 Å². The van der Waals surface area contributed by atoms with Gasteiger partial charge in [-0.1, -0.05) is 26.5 Å². The third-order valence-electron chi connectivity index (χ3n) is 4.66. The van der Waals surface area contributed by atoms with Gasteiger partial charge in [-0.2, -0.15) is 0 Å². The van der Waals surface area contributed by atoms with Gasteiger partial charge in [0.25, 0.3) is 0 Å². The molecule has 0 radical (unpaired) electrons. The van der Waals surface area contributed by atoms with Crippen molar-refractivity contribution in [3.05, 3.63) is 34.9 Å². The summed E-state index contributed by atoms with van der Waals surface area (Å²) in [6, 6.07) is 0. The van der Waals surface area contributed by atoms with E-state index in [1.54, 1.807) is 13.0 Å². The topological polar surface area (TPSA) is 102 Å². The average Bonchev–Trinajstić information content (AvgIpc) is 2.84. The standard InChI is InChI=1S/C18H25O7P/c1-6-11-10(2)14(20)13(9-18(11,3)4)25-26(23-5)16-12(7-8-19)24-17(22)15(16)21/h6,12-13,19,21H,1,7-9H2,2-5H3. The molecule has 0 saturated heterocycles. The Morgan fingerprint density at radius 1 is 1.42 bits per heavy atom. The molecule has 7 nitrogen and oxygen atoms in total. The van der Waals surface area contributed by atoms with Crippen molar-refractivity contribution >= 4 is 20.1 Å². The van der Waals surface area contributed by atoms with E-state index >= 15 is 0 Å². The minimum atomic E-state index is -1.90. The van der Waals surface area contributed by atoms with Crippen LogP contribution in [0.5, 0.6) is 0 Å². The van der Waals surface area contributed by atoms with Gasteiger partial charge in [0.2, 0.25) is 14.1 Å². The van der Waals surface area contributed by atoms with Crippen molar-refractivity contribution in [1.29, 1.82) is 0 Å². The second kappa shape index (κ2) is 8.01. The molecule has 1 heterocycles. The Morgan fingerprint density at radius 3 is 2.62 bits per heavy atom. The fraction of sp³-hybridized carbons (Fsp3) is 0.556. The molecule has 0 aromatic rings. The molecule has 3 unspecified atom stereocenters. The monoisotopic (exact) mass is 384 g/mol. The third kappa shape index (κ3) is 3.76. The number of aliphatic hydroxyl groups excluding tert-OH is 2. The maximum absolute atomic E-state index is 12.7. The molecule has 2 N–H and O–H groups in total. The molecule has 1 aliphatic carbocycles. The molecule has 0 fully saturated rings. The highest BCUT2D eigenvalue weighted by Gasteiger charge is 2.44. The van der Waals surface area contributed by atoms with E-state index in [4.69, 9.17) is 18.9 Å². The summed E-state index contributed by atoms with van der Waals surface area (Å²) in [6.07, 6.45) is 0.620. The number of hydrogen-bond donors (Lipinski definition) is 2. The number of ketones is 1. The van der Waals surface area contributed by atoms with Crippen molar-refractivity contribution in [2.45, 2.75) is 45.8 Å². The van der Waals surface area contributed by atoms with Crippen LogP contribution in [-0.4, -0.2) is 47.9 Å². The normalized spacial score (nSPS) is 27.0. The molecule has 0 amide bonds. The summed E-state index contributed by atoms with van der Waals surface area (Å²) in [5, 5.41) is 19.4. The van der Waals surface area contributed by atoms with Gasteiger partial charge in [0.15, 0.2) is 5.78 Å². The number of allylic oxidation sites excluding steroid dienone is 2. The number of ether oxygens (including phenoxy) is 1. The molecule has 144 valence electrons. The van der Waals surface area contributed by atoms with Crippen molar-refractivity contribution in [2.24, 2.45) is 5.41 Å². The van der Waals surface area contributed by atoms with Crippen LogP contribution in [0.4, 0.5) is 0 Å². The number of carbonyl (C=O) groups is 2. The lowest BCUT2D eigenvalue weighted by molar-refractivity contribution is -0.142. The van der Waals surface area contributed by atoms with Gasteiger partial charge in [0.1, 0.15) is 12.2 Å². The first-order chi connectivity index (χ1) is 12.2. The molecule has 2 aliphatic rings. The quantitative estimate of drug-likeness (QED) is 0.514. The molecule has 0 aromatic carbocycles. The SMILES string of the molecule is C=CC1=C(C)C(=O)C(OP(OC)C2=C(O)C(=O)OC2CCO)CC1(C)C. The van der Waals surface area contributed by atoms with Crippen LogP contribution in [0.15, 0.2) is 34.9 Å². The summed E-state index contributed by atoms with van der Waals surface area (Å²) in [5.74, 6) is -1.63. The zero-order chi connectivity index (χ0) is 19.6. The summed E-state index contributed by atoms with van der Waals surface area (Å²) >= 11 is 0. The molecule has 0 saturated carbocycles. The Kier molecular flexibility index (Phi) is 6.40. The van der Waals surface area contributed by atoms with E-state index in [0.717, 1.165) is 5.57 Å². The number of hydrogen-bond acceptors (Lipinski definition) is 7. The predicted molar refractivity (Wildman–Crippen MR) is 96.3 cm³/mol. The molecule has 26 heavy (non-hydrogen) atoms. The predicted octanol–water partition coefficient (Wildman–Crippen LogP) is 2.91. The van der Waals surface area contributed by atoms with Crippen LogP contribution in [0.25, 0.3) is 0 Å². The summed E-state index contributed by atoms with van der Waals surface area (Å²) < 4.78 is 16.3. The van der Waals surface area contributed by atoms with Gasteiger partial charge in [0, 0.05) is 20.1 Å². The van der Waals surface area contributed by atoms with E-state index in [2.05, 4.69) is 6.58 Å². The molecule has 0 spiro atoms. The number of carbonyl (C=O) groups excluding carboxylic acids is 2. The summed E-state index contributed by atoms with van der Waals surface area (Å²) in [5.41, 5.74) is 1.14. The maximum Gasteiger partial charge on any atom is 0.374 e. The van der Waals surface area contributed by atoms with Crippen molar-refractivity contribution in [3.8, 4) is 0 Å².